The molecule has 8 heteroatoms. The van der Waals surface area contributed by atoms with E-state index < -0.39 is 0 Å². The molecule has 29 heavy (non-hydrogen) atoms. The van der Waals surface area contributed by atoms with E-state index in [1.165, 1.54) is 21.6 Å². The fourth-order valence-electron chi connectivity index (χ4n) is 3.04. The number of hydrogen-bond acceptors (Lipinski definition) is 4. The largest absolute Gasteiger partial charge is 0.356 e. The van der Waals surface area contributed by atoms with E-state index in [4.69, 9.17) is 4.99 Å². The van der Waals surface area contributed by atoms with Crippen molar-refractivity contribution in [3.05, 3.63) is 68.9 Å². The lowest BCUT2D eigenvalue weighted by Crippen LogP contribution is -2.38. The van der Waals surface area contributed by atoms with Gasteiger partial charge in [-0.1, -0.05) is 35.4 Å². The molecule has 0 fully saturated rings. The van der Waals surface area contributed by atoms with Gasteiger partial charge in [0.2, 0.25) is 0 Å². The van der Waals surface area contributed by atoms with E-state index in [9.17, 15) is 0 Å². The molecule has 0 radical (unpaired) electrons. The number of hydrogen-bond donors (Lipinski definition) is 2. The Bertz CT molecular complexity index is 913. The molecule has 0 aliphatic rings. The van der Waals surface area contributed by atoms with E-state index in [0.717, 1.165) is 37.1 Å². The maximum Gasteiger partial charge on any atom is 0.192 e. The minimum absolute atomic E-state index is 0. The van der Waals surface area contributed by atoms with E-state index in [1.807, 2.05) is 18.5 Å². The molecule has 0 amide bonds. The number of aromatic nitrogens is 3. The van der Waals surface area contributed by atoms with Gasteiger partial charge in [-0.3, -0.25) is 0 Å². The van der Waals surface area contributed by atoms with Gasteiger partial charge in [0, 0.05) is 18.5 Å². The summed E-state index contributed by atoms with van der Waals surface area (Å²) in [6.07, 6.45) is 0.950. The highest BCUT2D eigenvalue weighted by Crippen LogP contribution is 2.09. The Kier molecular flexibility index (Phi) is 9.09. The molecule has 2 heterocycles. The molecule has 2 N–H and O–H groups in total. The molecule has 0 atom stereocenters. The van der Waals surface area contributed by atoms with E-state index in [-0.39, 0.29) is 24.0 Å². The first-order chi connectivity index (χ1) is 13.5. The van der Waals surface area contributed by atoms with Crippen molar-refractivity contribution in [2.45, 2.75) is 40.3 Å². The van der Waals surface area contributed by atoms with Crippen molar-refractivity contribution >= 4 is 41.3 Å². The van der Waals surface area contributed by atoms with Gasteiger partial charge in [0.1, 0.15) is 12.4 Å². The molecular weight excluding hydrogens is 495 g/mol. The second-order valence-corrected chi connectivity index (χ2v) is 8.03. The van der Waals surface area contributed by atoms with Gasteiger partial charge in [0.25, 0.3) is 0 Å². The van der Waals surface area contributed by atoms with Crippen LogP contribution in [0, 0.1) is 20.8 Å². The molecule has 6 nitrogen and oxygen atoms in total. The standard InChI is InChI=1S/C21H28N6S.HI/c1-15-10-16(2)12-18(11-15)7-8-22-21(23-13-19-6-5-9-28-19)24-14-20-26-25-17(3)27(20)4;/h5-6,9-12H,7-8,13-14H2,1-4H3,(H2,22,23,24);1H. The van der Waals surface area contributed by atoms with Crippen molar-refractivity contribution in [3.63, 3.8) is 0 Å². The van der Waals surface area contributed by atoms with Gasteiger partial charge >= 0.3 is 0 Å². The zero-order chi connectivity index (χ0) is 19.9. The van der Waals surface area contributed by atoms with Gasteiger partial charge in [-0.05, 0) is 44.2 Å². The molecule has 3 rings (SSSR count). The summed E-state index contributed by atoms with van der Waals surface area (Å²) in [5.41, 5.74) is 3.95. The number of thiophene rings is 1. The van der Waals surface area contributed by atoms with Crippen LogP contribution in [-0.4, -0.2) is 27.3 Å². The number of nitrogens with zero attached hydrogens (tertiary/aromatic N) is 4. The van der Waals surface area contributed by atoms with Crippen LogP contribution in [0.3, 0.4) is 0 Å². The van der Waals surface area contributed by atoms with Crippen LogP contribution in [-0.2, 0) is 26.6 Å². The average molecular weight is 524 g/mol. The van der Waals surface area contributed by atoms with Crippen molar-refractivity contribution in [1.82, 2.24) is 25.4 Å². The zero-order valence-electron chi connectivity index (χ0n) is 17.4. The van der Waals surface area contributed by atoms with E-state index in [2.05, 4.69) is 70.4 Å². The molecule has 156 valence electrons. The minimum Gasteiger partial charge on any atom is -0.356 e. The number of nitrogens with one attached hydrogen (secondary N) is 2. The van der Waals surface area contributed by atoms with Crippen molar-refractivity contribution in [1.29, 1.82) is 0 Å². The van der Waals surface area contributed by atoms with Crippen LogP contribution in [0.2, 0.25) is 0 Å². The highest BCUT2D eigenvalue weighted by atomic mass is 127. The van der Waals surface area contributed by atoms with Gasteiger partial charge in [0.15, 0.2) is 11.8 Å². The van der Waals surface area contributed by atoms with Crippen molar-refractivity contribution in [3.8, 4) is 0 Å². The number of guanidine groups is 1. The van der Waals surface area contributed by atoms with E-state index in [1.54, 1.807) is 11.3 Å². The van der Waals surface area contributed by atoms with Crippen LogP contribution in [0.15, 0.2) is 40.7 Å². The van der Waals surface area contributed by atoms with Gasteiger partial charge < -0.3 is 15.2 Å². The quantitative estimate of drug-likeness (QED) is 0.280. The lowest BCUT2D eigenvalue weighted by atomic mass is 10.1. The first kappa shape index (κ1) is 23.3. The molecule has 0 unspecified atom stereocenters. The SMILES string of the molecule is Cc1cc(C)cc(CCNC(=NCc2nnc(C)n2C)NCc2cccs2)c1.I. The molecule has 3 aromatic rings. The predicted molar refractivity (Wildman–Crippen MR) is 131 cm³/mol. The van der Waals surface area contributed by atoms with Crippen molar-refractivity contribution < 1.29 is 0 Å². The van der Waals surface area contributed by atoms with Crippen LogP contribution in [0.4, 0.5) is 0 Å². The van der Waals surface area contributed by atoms with Crippen molar-refractivity contribution in [2.24, 2.45) is 12.0 Å². The van der Waals surface area contributed by atoms with Crippen molar-refractivity contribution in [2.75, 3.05) is 6.54 Å². The maximum atomic E-state index is 4.71. The second kappa shape index (κ2) is 11.3. The Hall–Kier alpha value is -1.94. The molecule has 0 aliphatic carbocycles. The summed E-state index contributed by atoms with van der Waals surface area (Å²) >= 11 is 1.74. The summed E-state index contributed by atoms with van der Waals surface area (Å²) in [5.74, 6) is 2.53. The van der Waals surface area contributed by atoms with Gasteiger partial charge in [-0.15, -0.1) is 45.5 Å². The Labute approximate surface area is 193 Å². The Balaban J connectivity index is 0.00000300. The highest BCUT2D eigenvalue weighted by molar-refractivity contribution is 14.0. The highest BCUT2D eigenvalue weighted by Gasteiger charge is 2.06. The lowest BCUT2D eigenvalue weighted by molar-refractivity contribution is 0.749. The number of benzene rings is 1. The van der Waals surface area contributed by atoms with E-state index >= 15 is 0 Å². The Morgan fingerprint density at radius 1 is 1.10 bits per heavy atom. The first-order valence-corrected chi connectivity index (χ1v) is 10.4. The first-order valence-electron chi connectivity index (χ1n) is 9.48. The molecular formula is C21H29IN6S. The summed E-state index contributed by atoms with van der Waals surface area (Å²) in [7, 11) is 1.96. The van der Waals surface area contributed by atoms with Crippen LogP contribution < -0.4 is 10.6 Å². The zero-order valence-corrected chi connectivity index (χ0v) is 20.5. The topological polar surface area (TPSA) is 67.1 Å². The van der Waals surface area contributed by atoms with Gasteiger partial charge in [-0.25, -0.2) is 4.99 Å². The third-order valence-corrected chi connectivity index (χ3v) is 5.44. The van der Waals surface area contributed by atoms with Crippen LogP contribution in [0.25, 0.3) is 0 Å². The Morgan fingerprint density at radius 2 is 1.86 bits per heavy atom. The molecule has 0 aliphatic heterocycles. The van der Waals surface area contributed by atoms with Crippen LogP contribution >= 0.6 is 35.3 Å². The minimum atomic E-state index is 0. The van der Waals surface area contributed by atoms with Gasteiger partial charge in [0.05, 0.1) is 6.54 Å². The number of rotatable bonds is 7. The molecule has 1 aromatic carbocycles. The third-order valence-electron chi connectivity index (χ3n) is 4.56. The molecule has 0 saturated heterocycles. The number of halogens is 1. The van der Waals surface area contributed by atoms with Crippen LogP contribution in [0.5, 0.6) is 0 Å². The summed E-state index contributed by atoms with van der Waals surface area (Å²) in [4.78, 5) is 5.99. The summed E-state index contributed by atoms with van der Waals surface area (Å²) in [6.45, 7) is 8.28. The normalized spacial score (nSPS) is 11.2. The second-order valence-electron chi connectivity index (χ2n) is 6.99. The average Bonchev–Trinajstić information content (AvgIpc) is 3.27. The maximum absolute atomic E-state index is 4.71. The molecule has 0 bridgehead atoms. The summed E-state index contributed by atoms with van der Waals surface area (Å²) in [6, 6.07) is 10.9. The fourth-order valence-corrected chi connectivity index (χ4v) is 3.68. The summed E-state index contributed by atoms with van der Waals surface area (Å²) in [5, 5.41) is 17.3. The van der Waals surface area contributed by atoms with Crippen LogP contribution in [0.1, 0.15) is 33.2 Å². The Morgan fingerprint density at radius 3 is 2.48 bits per heavy atom. The number of aryl methyl sites for hydroxylation is 3. The predicted octanol–water partition coefficient (Wildman–Crippen LogP) is 3.90. The monoisotopic (exact) mass is 524 g/mol. The molecule has 2 aromatic heterocycles. The van der Waals surface area contributed by atoms with E-state index in [0.29, 0.717) is 6.54 Å². The third kappa shape index (κ3) is 7.11. The lowest BCUT2D eigenvalue weighted by Gasteiger charge is -2.13. The molecule has 0 saturated carbocycles. The summed E-state index contributed by atoms with van der Waals surface area (Å²) < 4.78 is 1.97. The number of aliphatic imine (C=N–C) groups is 1. The smallest absolute Gasteiger partial charge is 0.192 e. The molecule has 0 spiro atoms. The fraction of sp³-hybridized carbons (Fsp3) is 0.381. The van der Waals surface area contributed by atoms with Gasteiger partial charge in [-0.2, -0.15) is 0 Å².